The average Bonchev–Trinajstić information content (AvgIpc) is 3.06. The van der Waals surface area contributed by atoms with Crippen LogP contribution in [0, 0.1) is 12.8 Å². The first kappa shape index (κ1) is 18.4. The lowest BCUT2D eigenvalue weighted by atomic mass is 9.97. The second kappa shape index (κ2) is 8.83. The van der Waals surface area contributed by atoms with Crippen LogP contribution in [0.5, 0.6) is 0 Å². The van der Waals surface area contributed by atoms with Crippen molar-refractivity contribution in [2.24, 2.45) is 5.92 Å². The molecule has 2 heterocycles. The fourth-order valence-electron chi connectivity index (χ4n) is 3.21. The lowest BCUT2D eigenvalue weighted by Crippen LogP contribution is -2.42. The number of thiazole rings is 1. The number of hydrogen-bond acceptors (Lipinski definition) is 5. The molecule has 1 aliphatic heterocycles. The standard InChI is InChI=1S/C19H25N3OS2/c1-14-21-17(12-24-14)13-25-18-7-5-16(6-8-18)19(23)22-9-3-4-15(11-22)10-20-2/h5-8,12,15,20H,3-4,9-11,13H2,1-2H3. The van der Waals surface area contributed by atoms with Gasteiger partial charge >= 0.3 is 0 Å². The van der Waals surface area contributed by atoms with Crippen LogP contribution in [-0.2, 0) is 5.75 Å². The molecular formula is C19H25N3OS2. The number of aromatic nitrogens is 1. The number of benzene rings is 1. The third kappa shape index (κ3) is 5.06. The minimum absolute atomic E-state index is 0.160. The van der Waals surface area contributed by atoms with Crippen LogP contribution in [0.4, 0.5) is 0 Å². The lowest BCUT2D eigenvalue weighted by molar-refractivity contribution is 0.0674. The van der Waals surface area contributed by atoms with Gasteiger partial charge in [0.25, 0.3) is 5.91 Å². The summed E-state index contributed by atoms with van der Waals surface area (Å²) in [5.41, 5.74) is 1.91. The highest BCUT2D eigenvalue weighted by Crippen LogP contribution is 2.25. The number of thioether (sulfide) groups is 1. The molecule has 1 aromatic heterocycles. The van der Waals surface area contributed by atoms with Crippen LogP contribution < -0.4 is 5.32 Å². The Morgan fingerprint density at radius 3 is 2.88 bits per heavy atom. The Hall–Kier alpha value is -1.37. The topological polar surface area (TPSA) is 45.2 Å². The van der Waals surface area contributed by atoms with Crippen molar-refractivity contribution in [3.05, 3.63) is 45.9 Å². The number of aryl methyl sites for hydroxylation is 1. The fourth-order valence-corrected chi connectivity index (χ4v) is 4.72. The number of carbonyl (C=O) groups is 1. The Kier molecular flexibility index (Phi) is 6.51. The molecule has 1 saturated heterocycles. The zero-order chi connectivity index (χ0) is 17.6. The molecule has 0 aliphatic carbocycles. The average molecular weight is 376 g/mol. The van der Waals surface area contributed by atoms with Crippen LogP contribution in [0.2, 0.25) is 0 Å². The summed E-state index contributed by atoms with van der Waals surface area (Å²) in [4.78, 5) is 20.4. The van der Waals surface area contributed by atoms with Crippen LogP contribution in [0.15, 0.2) is 34.5 Å². The minimum atomic E-state index is 0.160. The van der Waals surface area contributed by atoms with E-state index in [2.05, 4.69) is 15.7 Å². The Morgan fingerprint density at radius 1 is 1.40 bits per heavy atom. The van der Waals surface area contributed by atoms with Crippen molar-refractivity contribution in [3.8, 4) is 0 Å². The van der Waals surface area contributed by atoms with Crippen molar-refractivity contribution >= 4 is 29.0 Å². The van der Waals surface area contributed by atoms with Gasteiger partial charge in [-0.2, -0.15) is 0 Å². The van der Waals surface area contributed by atoms with E-state index >= 15 is 0 Å². The first-order valence-electron chi connectivity index (χ1n) is 8.73. The number of carbonyl (C=O) groups excluding carboxylic acids is 1. The van der Waals surface area contributed by atoms with Crippen molar-refractivity contribution in [2.45, 2.75) is 30.4 Å². The second-order valence-electron chi connectivity index (χ2n) is 6.49. The Balaban J connectivity index is 1.56. The summed E-state index contributed by atoms with van der Waals surface area (Å²) in [7, 11) is 1.98. The molecule has 4 nitrogen and oxygen atoms in total. The summed E-state index contributed by atoms with van der Waals surface area (Å²) in [6.07, 6.45) is 2.30. The zero-order valence-corrected chi connectivity index (χ0v) is 16.5. The van der Waals surface area contributed by atoms with Gasteiger partial charge in [0.15, 0.2) is 0 Å². The van der Waals surface area contributed by atoms with Gasteiger partial charge in [0, 0.05) is 34.7 Å². The molecule has 134 valence electrons. The summed E-state index contributed by atoms with van der Waals surface area (Å²) in [6.45, 7) is 4.74. The second-order valence-corrected chi connectivity index (χ2v) is 8.60. The van der Waals surface area contributed by atoms with E-state index in [-0.39, 0.29) is 5.91 Å². The monoisotopic (exact) mass is 375 g/mol. The molecule has 1 N–H and O–H groups in total. The summed E-state index contributed by atoms with van der Waals surface area (Å²) in [5.74, 6) is 1.60. The fraction of sp³-hybridized carbons (Fsp3) is 0.474. The Labute approximate surface area is 158 Å². The molecule has 1 fully saturated rings. The summed E-state index contributed by atoms with van der Waals surface area (Å²) in [5, 5.41) is 6.44. The first-order valence-corrected chi connectivity index (χ1v) is 10.6. The van der Waals surface area contributed by atoms with E-state index < -0.39 is 0 Å². The molecule has 1 aromatic carbocycles. The third-order valence-corrected chi connectivity index (χ3v) is 6.32. The van der Waals surface area contributed by atoms with Crippen molar-refractivity contribution in [1.82, 2.24) is 15.2 Å². The quantitative estimate of drug-likeness (QED) is 0.780. The van der Waals surface area contributed by atoms with E-state index in [9.17, 15) is 4.79 Å². The minimum Gasteiger partial charge on any atom is -0.338 e. The maximum absolute atomic E-state index is 12.7. The Bertz CT molecular complexity index is 697. The molecular weight excluding hydrogens is 350 g/mol. The molecule has 0 bridgehead atoms. The number of rotatable bonds is 6. The van der Waals surface area contributed by atoms with E-state index in [1.807, 2.05) is 43.1 Å². The maximum atomic E-state index is 12.7. The highest BCUT2D eigenvalue weighted by Gasteiger charge is 2.23. The van der Waals surface area contributed by atoms with Gasteiger partial charge in [0.1, 0.15) is 0 Å². The van der Waals surface area contributed by atoms with Gasteiger partial charge in [-0.05, 0) is 63.5 Å². The molecule has 1 unspecified atom stereocenters. The van der Waals surface area contributed by atoms with E-state index in [0.29, 0.717) is 5.92 Å². The van der Waals surface area contributed by atoms with Crippen molar-refractivity contribution in [3.63, 3.8) is 0 Å². The number of hydrogen-bond donors (Lipinski definition) is 1. The smallest absolute Gasteiger partial charge is 0.253 e. The summed E-state index contributed by atoms with van der Waals surface area (Å²) >= 11 is 3.45. The van der Waals surface area contributed by atoms with Gasteiger partial charge in [0.2, 0.25) is 0 Å². The molecule has 6 heteroatoms. The number of nitrogens with zero attached hydrogens (tertiary/aromatic N) is 2. The molecule has 1 aliphatic rings. The SMILES string of the molecule is CNCC1CCCN(C(=O)c2ccc(SCc3csc(C)n3)cc2)C1. The lowest BCUT2D eigenvalue weighted by Gasteiger charge is -2.32. The maximum Gasteiger partial charge on any atom is 0.253 e. The number of amides is 1. The molecule has 0 saturated carbocycles. The van der Waals surface area contributed by atoms with Gasteiger partial charge in [-0.3, -0.25) is 4.79 Å². The van der Waals surface area contributed by atoms with Crippen molar-refractivity contribution in [1.29, 1.82) is 0 Å². The van der Waals surface area contributed by atoms with Crippen molar-refractivity contribution in [2.75, 3.05) is 26.7 Å². The summed E-state index contributed by atoms with van der Waals surface area (Å²) < 4.78 is 0. The molecule has 25 heavy (non-hydrogen) atoms. The Morgan fingerprint density at radius 2 is 2.20 bits per heavy atom. The van der Waals surface area contributed by atoms with E-state index in [4.69, 9.17) is 0 Å². The largest absolute Gasteiger partial charge is 0.338 e. The van der Waals surface area contributed by atoms with Gasteiger partial charge in [-0.1, -0.05) is 0 Å². The van der Waals surface area contributed by atoms with Crippen molar-refractivity contribution < 1.29 is 4.79 Å². The van der Waals surface area contributed by atoms with E-state index in [1.54, 1.807) is 23.1 Å². The zero-order valence-electron chi connectivity index (χ0n) is 14.8. The molecule has 0 radical (unpaired) electrons. The highest BCUT2D eigenvalue weighted by molar-refractivity contribution is 7.98. The molecule has 3 rings (SSSR count). The molecule has 1 atom stereocenters. The van der Waals surface area contributed by atoms with Gasteiger partial charge in [-0.15, -0.1) is 23.1 Å². The van der Waals surface area contributed by atoms with Gasteiger partial charge < -0.3 is 10.2 Å². The normalized spacial score (nSPS) is 17.7. The predicted molar refractivity (Wildman–Crippen MR) is 105 cm³/mol. The third-order valence-electron chi connectivity index (χ3n) is 4.45. The number of piperidine rings is 1. The number of nitrogens with one attached hydrogen (secondary N) is 1. The molecule has 0 spiro atoms. The van der Waals surface area contributed by atoms with E-state index in [1.165, 1.54) is 11.3 Å². The van der Waals surface area contributed by atoms with Crippen LogP contribution in [0.1, 0.15) is 33.9 Å². The van der Waals surface area contributed by atoms with Crippen LogP contribution >= 0.6 is 23.1 Å². The van der Waals surface area contributed by atoms with Crippen LogP contribution in [0.3, 0.4) is 0 Å². The molecule has 1 amide bonds. The van der Waals surface area contributed by atoms with Crippen LogP contribution in [0.25, 0.3) is 0 Å². The predicted octanol–water partition coefficient (Wildman–Crippen LogP) is 3.82. The summed E-state index contributed by atoms with van der Waals surface area (Å²) in [6, 6.07) is 8.01. The van der Waals surface area contributed by atoms with E-state index in [0.717, 1.165) is 48.1 Å². The highest BCUT2D eigenvalue weighted by atomic mass is 32.2. The van der Waals surface area contributed by atoms with Gasteiger partial charge in [0.05, 0.1) is 10.7 Å². The number of likely N-dealkylation sites (tertiary alicyclic amines) is 1. The van der Waals surface area contributed by atoms with Crippen LogP contribution in [-0.4, -0.2) is 42.5 Å². The first-order chi connectivity index (χ1) is 12.2. The van der Waals surface area contributed by atoms with Gasteiger partial charge in [-0.25, -0.2) is 4.98 Å². The molecule has 2 aromatic rings.